The maximum atomic E-state index is 3.84. The van der Waals surface area contributed by atoms with Crippen molar-refractivity contribution in [1.82, 2.24) is 0 Å². The highest BCUT2D eigenvalue weighted by Gasteiger charge is 2.01. The van der Waals surface area contributed by atoms with E-state index in [1.165, 1.54) is 38.5 Å². The zero-order chi connectivity index (χ0) is 8.53. The number of rotatable bonds is 7. The molecule has 0 unspecified atom stereocenters. The standard InChI is InChI=1S/C11H23/c1-4-7-8-9-10-11(5-2)6-3/h11H,1,4-10H2,2-3H3. The van der Waals surface area contributed by atoms with E-state index in [1.54, 1.807) is 0 Å². The Morgan fingerprint density at radius 1 is 1.00 bits per heavy atom. The van der Waals surface area contributed by atoms with E-state index in [1.807, 2.05) is 0 Å². The molecule has 11 heavy (non-hydrogen) atoms. The van der Waals surface area contributed by atoms with Crippen molar-refractivity contribution in [2.24, 2.45) is 5.92 Å². The predicted molar refractivity (Wildman–Crippen MR) is 52.5 cm³/mol. The highest BCUT2D eigenvalue weighted by Crippen LogP contribution is 2.16. The Kier molecular flexibility index (Phi) is 8.10. The maximum Gasteiger partial charge on any atom is -0.0420 e. The monoisotopic (exact) mass is 155 g/mol. The van der Waals surface area contributed by atoms with E-state index in [9.17, 15) is 0 Å². The van der Waals surface area contributed by atoms with Gasteiger partial charge in [-0.05, 0) is 5.92 Å². The largest absolute Gasteiger partial charge is 0.0651 e. The normalized spacial score (nSPS) is 10.9. The summed E-state index contributed by atoms with van der Waals surface area (Å²) in [6.45, 7) is 8.44. The third-order valence-corrected chi connectivity index (χ3v) is 2.52. The van der Waals surface area contributed by atoms with Crippen LogP contribution in [0.25, 0.3) is 0 Å². The Hall–Kier alpha value is 0. The minimum atomic E-state index is 0.986. The van der Waals surface area contributed by atoms with Crippen molar-refractivity contribution in [2.45, 2.75) is 58.8 Å². The summed E-state index contributed by atoms with van der Waals surface area (Å²) in [5, 5.41) is 0. The van der Waals surface area contributed by atoms with Crippen LogP contribution in [0.15, 0.2) is 0 Å². The van der Waals surface area contributed by atoms with E-state index >= 15 is 0 Å². The average molecular weight is 155 g/mol. The summed E-state index contributed by atoms with van der Waals surface area (Å²) in [7, 11) is 0. The lowest BCUT2D eigenvalue weighted by atomic mass is 9.96. The summed E-state index contributed by atoms with van der Waals surface area (Å²) in [5.74, 6) is 0.986. The van der Waals surface area contributed by atoms with E-state index in [4.69, 9.17) is 0 Å². The van der Waals surface area contributed by atoms with Gasteiger partial charge in [0.25, 0.3) is 0 Å². The van der Waals surface area contributed by atoms with Crippen molar-refractivity contribution in [2.75, 3.05) is 0 Å². The molecule has 0 saturated carbocycles. The van der Waals surface area contributed by atoms with Gasteiger partial charge in [0.2, 0.25) is 0 Å². The molecule has 0 heteroatoms. The minimum Gasteiger partial charge on any atom is -0.0651 e. The number of hydrogen-bond donors (Lipinski definition) is 0. The summed E-state index contributed by atoms with van der Waals surface area (Å²) < 4.78 is 0. The molecule has 1 radical (unpaired) electrons. The van der Waals surface area contributed by atoms with Crippen LogP contribution in [-0.2, 0) is 0 Å². The summed E-state index contributed by atoms with van der Waals surface area (Å²) in [6, 6.07) is 0. The molecule has 0 aliphatic carbocycles. The van der Waals surface area contributed by atoms with Crippen LogP contribution in [0.1, 0.15) is 58.8 Å². The highest BCUT2D eigenvalue weighted by atomic mass is 14.1. The van der Waals surface area contributed by atoms with Crippen molar-refractivity contribution >= 4 is 0 Å². The van der Waals surface area contributed by atoms with Crippen molar-refractivity contribution in [3.63, 3.8) is 0 Å². The van der Waals surface area contributed by atoms with E-state index in [0.717, 1.165) is 12.3 Å². The van der Waals surface area contributed by atoms with Crippen LogP contribution in [0.4, 0.5) is 0 Å². The third kappa shape index (κ3) is 6.40. The fraction of sp³-hybridized carbons (Fsp3) is 0.909. The van der Waals surface area contributed by atoms with Gasteiger partial charge in [0.15, 0.2) is 0 Å². The lowest BCUT2D eigenvalue weighted by Gasteiger charge is -2.10. The molecule has 0 nitrogen and oxygen atoms in total. The summed E-state index contributed by atoms with van der Waals surface area (Å²) >= 11 is 0. The van der Waals surface area contributed by atoms with Crippen molar-refractivity contribution in [3.8, 4) is 0 Å². The van der Waals surface area contributed by atoms with E-state index in [-0.39, 0.29) is 0 Å². The lowest BCUT2D eigenvalue weighted by molar-refractivity contribution is 0.430. The Balaban J connectivity index is 3.07. The van der Waals surface area contributed by atoms with Gasteiger partial charge in [0, 0.05) is 0 Å². The third-order valence-electron chi connectivity index (χ3n) is 2.52. The highest BCUT2D eigenvalue weighted by molar-refractivity contribution is 4.55. The van der Waals surface area contributed by atoms with Crippen LogP contribution < -0.4 is 0 Å². The first-order valence-electron chi connectivity index (χ1n) is 5.14. The SMILES string of the molecule is [CH2]CCCCCC(CC)CC. The van der Waals surface area contributed by atoms with Crippen molar-refractivity contribution in [3.05, 3.63) is 6.92 Å². The number of unbranched alkanes of at least 4 members (excludes halogenated alkanes) is 3. The molecule has 0 saturated heterocycles. The maximum absolute atomic E-state index is 3.84. The Morgan fingerprint density at radius 2 is 1.64 bits per heavy atom. The lowest BCUT2D eigenvalue weighted by Crippen LogP contribution is -1.95. The molecule has 0 N–H and O–H groups in total. The summed E-state index contributed by atoms with van der Waals surface area (Å²) in [5.41, 5.74) is 0. The molecular formula is C11H23. The molecule has 0 bridgehead atoms. The zero-order valence-electron chi connectivity index (χ0n) is 8.23. The second kappa shape index (κ2) is 8.10. The Bertz CT molecular complexity index is 62.4. The van der Waals surface area contributed by atoms with E-state index < -0.39 is 0 Å². The van der Waals surface area contributed by atoms with E-state index in [0.29, 0.717) is 0 Å². The molecule has 0 aromatic carbocycles. The molecule has 0 aromatic heterocycles. The van der Waals surface area contributed by atoms with Gasteiger partial charge in [0.05, 0.1) is 0 Å². The molecule has 0 fully saturated rings. The molecule has 0 aliphatic heterocycles. The summed E-state index contributed by atoms with van der Waals surface area (Å²) in [6.07, 6.45) is 9.40. The van der Waals surface area contributed by atoms with Crippen LogP contribution in [-0.4, -0.2) is 0 Å². The second-order valence-corrected chi connectivity index (χ2v) is 3.39. The van der Waals surface area contributed by atoms with Gasteiger partial charge in [-0.15, -0.1) is 0 Å². The van der Waals surface area contributed by atoms with Crippen LogP contribution in [0.3, 0.4) is 0 Å². The molecule has 0 aliphatic rings. The molecule has 0 aromatic rings. The molecule has 0 heterocycles. The fourth-order valence-electron chi connectivity index (χ4n) is 1.48. The van der Waals surface area contributed by atoms with Gasteiger partial charge in [-0.25, -0.2) is 0 Å². The second-order valence-electron chi connectivity index (χ2n) is 3.39. The van der Waals surface area contributed by atoms with Crippen molar-refractivity contribution < 1.29 is 0 Å². The molecule has 0 spiro atoms. The minimum absolute atomic E-state index is 0.986. The molecular weight excluding hydrogens is 132 g/mol. The van der Waals surface area contributed by atoms with Crippen LogP contribution in [0, 0.1) is 12.8 Å². The topological polar surface area (TPSA) is 0 Å². The van der Waals surface area contributed by atoms with E-state index in [2.05, 4.69) is 20.8 Å². The van der Waals surface area contributed by atoms with Crippen LogP contribution >= 0.6 is 0 Å². The fourth-order valence-corrected chi connectivity index (χ4v) is 1.48. The number of hydrogen-bond acceptors (Lipinski definition) is 0. The van der Waals surface area contributed by atoms with Crippen LogP contribution in [0.2, 0.25) is 0 Å². The summed E-state index contributed by atoms with van der Waals surface area (Å²) in [4.78, 5) is 0. The molecule has 0 amide bonds. The first kappa shape index (κ1) is 11.0. The van der Waals surface area contributed by atoms with Crippen LogP contribution in [0.5, 0.6) is 0 Å². The van der Waals surface area contributed by atoms with Gasteiger partial charge < -0.3 is 0 Å². The molecule has 67 valence electrons. The van der Waals surface area contributed by atoms with Gasteiger partial charge in [-0.3, -0.25) is 0 Å². The zero-order valence-corrected chi connectivity index (χ0v) is 8.23. The quantitative estimate of drug-likeness (QED) is 0.483. The average Bonchev–Trinajstić information content (AvgIpc) is 2.05. The van der Waals surface area contributed by atoms with Gasteiger partial charge in [-0.1, -0.05) is 65.7 Å². The van der Waals surface area contributed by atoms with Crippen molar-refractivity contribution in [1.29, 1.82) is 0 Å². The Labute approximate surface area is 72.4 Å². The Morgan fingerprint density at radius 3 is 2.09 bits per heavy atom. The smallest absolute Gasteiger partial charge is 0.0420 e. The first-order chi connectivity index (χ1) is 5.35. The molecule has 0 atom stereocenters. The van der Waals surface area contributed by atoms with Gasteiger partial charge in [-0.2, -0.15) is 0 Å². The van der Waals surface area contributed by atoms with Gasteiger partial charge >= 0.3 is 0 Å². The van der Waals surface area contributed by atoms with Gasteiger partial charge in [0.1, 0.15) is 0 Å². The molecule has 0 rings (SSSR count). The first-order valence-corrected chi connectivity index (χ1v) is 5.14. The predicted octanol–water partition coefficient (Wildman–Crippen LogP) is 4.21.